The van der Waals surface area contributed by atoms with Crippen LogP contribution in [-0.4, -0.2) is 38.7 Å². The number of nitrogens with one attached hydrogen (secondary N) is 1. The van der Waals surface area contributed by atoms with E-state index in [0.29, 0.717) is 30.3 Å². The van der Waals surface area contributed by atoms with Gasteiger partial charge in [-0.3, -0.25) is 4.79 Å². The number of pyridine rings is 1. The predicted octanol–water partition coefficient (Wildman–Crippen LogP) is 3.50. The highest BCUT2D eigenvalue weighted by atomic mass is 35.5. The maximum atomic E-state index is 12.3. The lowest BCUT2D eigenvalue weighted by molar-refractivity contribution is -0.135. The van der Waals surface area contributed by atoms with E-state index < -0.39 is 0 Å². The molecule has 2 aromatic rings. The number of fused-ring (bicyclic) bond motifs is 3. The van der Waals surface area contributed by atoms with Gasteiger partial charge in [-0.1, -0.05) is 0 Å². The Morgan fingerprint density at radius 2 is 2.04 bits per heavy atom. The number of amides is 1. The summed E-state index contributed by atoms with van der Waals surface area (Å²) in [6, 6.07) is 7.17. The maximum absolute atomic E-state index is 12.3. The lowest BCUT2D eigenvalue weighted by Crippen LogP contribution is -2.47. The molecule has 2 atom stereocenters. The van der Waals surface area contributed by atoms with Gasteiger partial charge in [0.05, 0.1) is 0 Å². The number of hydrogen-bond donors (Lipinski definition) is 1. The summed E-state index contributed by atoms with van der Waals surface area (Å²) in [5.41, 5.74) is 2.13. The molecule has 23 heavy (non-hydrogen) atoms. The standard InChI is InChI=1S/C18H22ClN3O/c19-7-5-17(23)22-15-3-4-16(22)11-12(10-15)9-14-2-1-13-6-8-20-18(13)21-14/h1-2,6,8,12,15-16H,3-5,7,9-11H2,(H,20,21). The van der Waals surface area contributed by atoms with E-state index in [2.05, 4.69) is 22.0 Å². The molecule has 0 aliphatic carbocycles. The minimum absolute atomic E-state index is 0.247. The Morgan fingerprint density at radius 1 is 1.26 bits per heavy atom. The van der Waals surface area contributed by atoms with E-state index in [1.807, 2.05) is 12.3 Å². The van der Waals surface area contributed by atoms with E-state index in [9.17, 15) is 4.79 Å². The molecule has 0 radical (unpaired) electrons. The first-order valence-corrected chi connectivity index (χ1v) is 9.08. The molecule has 2 bridgehead atoms. The van der Waals surface area contributed by atoms with E-state index in [4.69, 9.17) is 16.6 Å². The average Bonchev–Trinajstić information content (AvgIpc) is 3.10. The summed E-state index contributed by atoms with van der Waals surface area (Å²) >= 11 is 5.75. The van der Waals surface area contributed by atoms with Crippen molar-refractivity contribution < 1.29 is 4.79 Å². The van der Waals surface area contributed by atoms with Gasteiger partial charge in [0.15, 0.2) is 0 Å². The molecule has 2 aromatic heterocycles. The van der Waals surface area contributed by atoms with E-state index >= 15 is 0 Å². The van der Waals surface area contributed by atoms with Crippen molar-refractivity contribution in [1.82, 2.24) is 14.9 Å². The second-order valence-electron chi connectivity index (χ2n) is 6.88. The van der Waals surface area contributed by atoms with Crippen molar-refractivity contribution in [1.29, 1.82) is 0 Å². The molecule has 4 rings (SSSR count). The van der Waals surface area contributed by atoms with Crippen molar-refractivity contribution in [3.8, 4) is 0 Å². The largest absolute Gasteiger partial charge is 0.346 e. The van der Waals surface area contributed by atoms with Gasteiger partial charge in [0.2, 0.25) is 5.91 Å². The first-order valence-electron chi connectivity index (χ1n) is 8.54. The second-order valence-corrected chi connectivity index (χ2v) is 7.26. The Labute approximate surface area is 141 Å². The Balaban J connectivity index is 1.45. The predicted molar refractivity (Wildman–Crippen MR) is 91.5 cm³/mol. The summed E-state index contributed by atoms with van der Waals surface area (Å²) in [6.07, 6.45) is 7.94. The molecule has 2 aliphatic heterocycles. The molecule has 4 nitrogen and oxygen atoms in total. The van der Waals surface area contributed by atoms with Gasteiger partial charge in [0, 0.05) is 41.7 Å². The summed E-state index contributed by atoms with van der Waals surface area (Å²) < 4.78 is 0. The fourth-order valence-electron chi connectivity index (χ4n) is 4.45. The third-order valence-electron chi connectivity index (χ3n) is 5.39. The number of halogens is 1. The lowest BCUT2D eigenvalue weighted by Gasteiger charge is -2.39. The van der Waals surface area contributed by atoms with Gasteiger partial charge in [-0.15, -0.1) is 11.6 Å². The minimum Gasteiger partial charge on any atom is -0.346 e. The summed E-state index contributed by atoms with van der Waals surface area (Å²) in [5, 5.41) is 1.16. The molecular weight excluding hydrogens is 310 g/mol. The van der Waals surface area contributed by atoms with Crippen LogP contribution in [0.2, 0.25) is 0 Å². The van der Waals surface area contributed by atoms with Crippen molar-refractivity contribution >= 4 is 28.5 Å². The summed E-state index contributed by atoms with van der Waals surface area (Å²) in [4.78, 5) is 22.3. The van der Waals surface area contributed by atoms with Gasteiger partial charge in [-0.05, 0) is 56.2 Å². The summed E-state index contributed by atoms with van der Waals surface area (Å²) in [5.74, 6) is 1.31. The highest BCUT2D eigenvalue weighted by Gasteiger charge is 2.42. The molecule has 2 unspecified atom stereocenters. The Morgan fingerprint density at radius 3 is 2.78 bits per heavy atom. The molecule has 1 N–H and O–H groups in total. The number of piperidine rings is 1. The van der Waals surface area contributed by atoms with Gasteiger partial charge in [0.1, 0.15) is 5.65 Å². The quantitative estimate of drug-likeness (QED) is 0.872. The number of hydrogen-bond acceptors (Lipinski definition) is 2. The molecule has 2 saturated heterocycles. The van der Waals surface area contributed by atoms with Crippen LogP contribution in [0.3, 0.4) is 0 Å². The highest BCUT2D eigenvalue weighted by Crippen LogP contribution is 2.40. The molecule has 5 heteroatoms. The van der Waals surface area contributed by atoms with Crippen molar-refractivity contribution in [2.75, 3.05) is 5.88 Å². The van der Waals surface area contributed by atoms with Crippen LogP contribution in [0.4, 0.5) is 0 Å². The smallest absolute Gasteiger partial charge is 0.224 e. The number of nitrogens with zero attached hydrogens (tertiary/aromatic N) is 2. The molecule has 122 valence electrons. The summed E-state index contributed by atoms with van der Waals surface area (Å²) in [6.45, 7) is 0. The molecular formula is C18H22ClN3O. The van der Waals surface area contributed by atoms with Crippen LogP contribution in [0.25, 0.3) is 11.0 Å². The number of alkyl halides is 1. The SMILES string of the molecule is O=C(CCCl)N1C2CCC1CC(Cc1ccc3cc[nH]c3n1)C2. The number of carbonyl (C=O) groups is 1. The van der Waals surface area contributed by atoms with E-state index in [-0.39, 0.29) is 5.91 Å². The van der Waals surface area contributed by atoms with Crippen LogP contribution in [0.5, 0.6) is 0 Å². The molecule has 4 heterocycles. The maximum Gasteiger partial charge on any atom is 0.224 e. The van der Waals surface area contributed by atoms with Gasteiger partial charge < -0.3 is 9.88 Å². The van der Waals surface area contributed by atoms with Gasteiger partial charge in [-0.2, -0.15) is 0 Å². The van der Waals surface area contributed by atoms with Crippen molar-refractivity contribution in [2.45, 2.75) is 50.6 Å². The third-order valence-corrected chi connectivity index (χ3v) is 5.58. The Hall–Kier alpha value is -1.55. The monoisotopic (exact) mass is 331 g/mol. The highest BCUT2D eigenvalue weighted by molar-refractivity contribution is 6.18. The number of aromatic nitrogens is 2. The van der Waals surface area contributed by atoms with Gasteiger partial charge in [0.25, 0.3) is 0 Å². The Kier molecular flexibility index (Phi) is 4.02. The van der Waals surface area contributed by atoms with Crippen LogP contribution < -0.4 is 0 Å². The van der Waals surface area contributed by atoms with Crippen LogP contribution in [-0.2, 0) is 11.2 Å². The molecule has 2 fully saturated rings. The zero-order valence-electron chi connectivity index (χ0n) is 13.2. The number of rotatable bonds is 4. The average molecular weight is 332 g/mol. The van der Waals surface area contributed by atoms with Gasteiger partial charge >= 0.3 is 0 Å². The minimum atomic E-state index is 0.247. The molecule has 1 amide bonds. The number of H-pyrrole nitrogens is 1. The third kappa shape index (κ3) is 2.85. The van der Waals surface area contributed by atoms with E-state index in [0.717, 1.165) is 48.8 Å². The fraction of sp³-hybridized carbons (Fsp3) is 0.556. The first kappa shape index (κ1) is 15.0. The lowest BCUT2D eigenvalue weighted by atomic mass is 9.87. The Bertz CT molecular complexity index is 699. The number of carbonyl (C=O) groups excluding carboxylic acids is 1. The van der Waals surface area contributed by atoms with Crippen molar-refractivity contribution in [3.63, 3.8) is 0 Å². The van der Waals surface area contributed by atoms with Crippen LogP contribution in [0.15, 0.2) is 24.4 Å². The number of aromatic amines is 1. The normalized spacial score (nSPS) is 26.8. The zero-order chi connectivity index (χ0) is 15.8. The van der Waals surface area contributed by atoms with Gasteiger partial charge in [-0.25, -0.2) is 4.98 Å². The van der Waals surface area contributed by atoms with E-state index in [1.165, 1.54) is 0 Å². The molecule has 2 aliphatic rings. The van der Waals surface area contributed by atoms with Crippen molar-refractivity contribution in [3.05, 3.63) is 30.1 Å². The molecule has 0 aromatic carbocycles. The topological polar surface area (TPSA) is 49.0 Å². The first-order chi connectivity index (χ1) is 11.2. The van der Waals surface area contributed by atoms with Crippen LogP contribution >= 0.6 is 11.6 Å². The fourth-order valence-corrected chi connectivity index (χ4v) is 4.62. The molecule has 0 spiro atoms. The van der Waals surface area contributed by atoms with Crippen molar-refractivity contribution in [2.24, 2.45) is 5.92 Å². The van der Waals surface area contributed by atoms with E-state index in [1.54, 1.807) is 0 Å². The zero-order valence-corrected chi connectivity index (χ0v) is 13.9. The molecule has 0 saturated carbocycles. The van der Waals surface area contributed by atoms with Crippen LogP contribution in [0, 0.1) is 5.92 Å². The second kappa shape index (κ2) is 6.16. The summed E-state index contributed by atoms with van der Waals surface area (Å²) in [7, 11) is 0. The van der Waals surface area contributed by atoms with Crippen LogP contribution in [0.1, 0.15) is 37.8 Å².